The third-order valence-electron chi connectivity index (χ3n) is 4.87. The van der Waals surface area contributed by atoms with Crippen molar-refractivity contribution in [3.05, 3.63) is 66.0 Å². The topological polar surface area (TPSA) is 72.7 Å². The van der Waals surface area contributed by atoms with E-state index in [1.165, 1.54) is 6.07 Å². The fraction of sp³-hybridized carbons (Fsp3) is 0.304. The van der Waals surface area contributed by atoms with E-state index in [2.05, 4.69) is 20.6 Å². The second-order valence-electron chi connectivity index (χ2n) is 7.16. The number of aromatic nitrogens is 2. The Bertz CT molecular complexity index is 1090. The van der Waals surface area contributed by atoms with Crippen LogP contribution in [-0.4, -0.2) is 35.3 Å². The van der Waals surface area contributed by atoms with Crippen LogP contribution in [0, 0.1) is 12.7 Å². The maximum Gasteiger partial charge on any atom is 0.196 e. The molecule has 170 valence electrons. The number of nitrogens with zero attached hydrogens (tertiary/aromatic N) is 3. The molecular weight excluding hydrogens is 524 g/mol. The van der Waals surface area contributed by atoms with Crippen LogP contribution in [-0.2, 0) is 6.54 Å². The lowest BCUT2D eigenvalue weighted by atomic mass is 10.2. The summed E-state index contributed by atoms with van der Waals surface area (Å²) in [5.74, 6) is 2.49. The molecule has 0 fully saturated rings. The molecule has 0 atom stereocenters. The van der Waals surface area contributed by atoms with Crippen molar-refractivity contribution < 1.29 is 13.9 Å². The van der Waals surface area contributed by atoms with Crippen LogP contribution in [0.15, 0.2) is 53.8 Å². The quantitative estimate of drug-likeness (QED) is 0.274. The Morgan fingerprint density at radius 1 is 1.16 bits per heavy atom. The summed E-state index contributed by atoms with van der Waals surface area (Å²) in [4.78, 5) is 8.75. The van der Waals surface area contributed by atoms with E-state index in [-0.39, 0.29) is 29.8 Å². The number of nitrogens with one attached hydrogen (secondary N) is 2. The van der Waals surface area contributed by atoms with E-state index in [0.29, 0.717) is 43.7 Å². The zero-order valence-electron chi connectivity index (χ0n) is 18.1. The lowest BCUT2D eigenvalue weighted by Gasteiger charge is -2.14. The molecule has 1 aliphatic rings. The van der Waals surface area contributed by atoms with Gasteiger partial charge in [0.25, 0.3) is 0 Å². The van der Waals surface area contributed by atoms with Crippen molar-refractivity contribution in [3.8, 4) is 17.2 Å². The molecule has 0 saturated heterocycles. The summed E-state index contributed by atoms with van der Waals surface area (Å²) in [5, 5.41) is 6.48. The predicted octanol–water partition coefficient (Wildman–Crippen LogP) is 4.68. The summed E-state index contributed by atoms with van der Waals surface area (Å²) in [6.45, 7) is 6.15. The SMILES string of the molecule is CCNC(=NCc1ccc(-n2ccnc2C)c(F)c1)Nc1ccc2c(c1)OCCCO2.I. The van der Waals surface area contributed by atoms with E-state index in [1.54, 1.807) is 23.0 Å². The average molecular weight is 551 g/mol. The molecule has 32 heavy (non-hydrogen) atoms. The maximum absolute atomic E-state index is 14.7. The predicted molar refractivity (Wildman–Crippen MR) is 134 cm³/mol. The third-order valence-corrected chi connectivity index (χ3v) is 4.87. The zero-order chi connectivity index (χ0) is 21.6. The lowest BCUT2D eigenvalue weighted by Crippen LogP contribution is -2.30. The Kier molecular flexibility index (Phi) is 8.32. The monoisotopic (exact) mass is 551 g/mol. The molecule has 0 unspecified atom stereocenters. The van der Waals surface area contributed by atoms with Crippen LogP contribution in [0.25, 0.3) is 5.69 Å². The van der Waals surface area contributed by atoms with Crippen LogP contribution in [0.3, 0.4) is 0 Å². The molecule has 0 radical (unpaired) electrons. The van der Waals surface area contributed by atoms with Gasteiger partial charge in [-0.25, -0.2) is 14.4 Å². The number of ether oxygens (including phenoxy) is 2. The Hall–Kier alpha value is -2.82. The van der Waals surface area contributed by atoms with Crippen LogP contribution >= 0.6 is 24.0 Å². The average Bonchev–Trinajstić information content (AvgIpc) is 3.04. The molecule has 1 aliphatic heterocycles. The Morgan fingerprint density at radius 2 is 1.97 bits per heavy atom. The van der Waals surface area contributed by atoms with E-state index in [1.807, 2.05) is 38.1 Å². The van der Waals surface area contributed by atoms with Gasteiger partial charge in [0, 0.05) is 37.1 Å². The maximum atomic E-state index is 14.7. The minimum absolute atomic E-state index is 0. The number of halogens is 2. The number of guanidine groups is 1. The van der Waals surface area contributed by atoms with Crippen molar-refractivity contribution in [2.24, 2.45) is 4.99 Å². The van der Waals surface area contributed by atoms with Crippen LogP contribution in [0.2, 0.25) is 0 Å². The number of hydrogen-bond acceptors (Lipinski definition) is 4. The lowest BCUT2D eigenvalue weighted by molar-refractivity contribution is 0.297. The minimum Gasteiger partial charge on any atom is -0.490 e. The van der Waals surface area contributed by atoms with Gasteiger partial charge in [-0.3, -0.25) is 0 Å². The van der Waals surface area contributed by atoms with Gasteiger partial charge >= 0.3 is 0 Å². The number of rotatable bonds is 5. The van der Waals surface area contributed by atoms with E-state index in [4.69, 9.17) is 9.47 Å². The highest BCUT2D eigenvalue weighted by Gasteiger charge is 2.12. The summed E-state index contributed by atoms with van der Waals surface area (Å²) >= 11 is 0. The van der Waals surface area contributed by atoms with Gasteiger partial charge in [-0.1, -0.05) is 6.07 Å². The van der Waals surface area contributed by atoms with Gasteiger partial charge in [-0.2, -0.15) is 0 Å². The molecule has 7 nitrogen and oxygen atoms in total. The highest BCUT2D eigenvalue weighted by Crippen LogP contribution is 2.32. The Balaban J connectivity index is 0.00000289. The van der Waals surface area contributed by atoms with Gasteiger partial charge in [-0.05, 0) is 43.7 Å². The summed E-state index contributed by atoms with van der Waals surface area (Å²) in [6, 6.07) is 10.8. The first kappa shape index (κ1) is 23.8. The van der Waals surface area contributed by atoms with Gasteiger partial charge in [0.2, 0.25) is 0 Å². The molecule has 0 amide bonds. The van der Waals surface area contributed by atoms with Crippen LogP contribution in [0.1, 0.15) is 24.7 Å². The fourth-order valence-corrected chi connectivity index (χ4v) is 3.33. The molecule has 4 rings (SSSR count). The number of aliphatic imine (C=N–C) groups is 1. The molecule has 0 saturated carbocycles. The summed E-state index contributed by atoms with van der Waals surface area (Å²) in [7, 11) is 0. The van der Waals surface area contributed by atoms with Crippen molar-refractivity contribution >= 4 is 35.6 Å². The van der Waals surface area contributed by atoms with E-state index in [0.717, 1.165) is 29.2 Å². The highest BCUT2D eigenvalue weighted by molar-refractivity contribution is 14.0. The first-order chi connectivity index (χ1) is 15.1. The molecule has 2 aromatic carbocycles. The number of aryl methyl sites for hydroxylation is 1. The van der Waals surface area contributed by atoms with Gasteiger partial charge < -0.3 is 24.7 Å². The molecule has 0 spiro atoms. The molecule has 0 aliphatic carbocycles. The fourth-order valence-electron chi connectivity index (χ4n) is 3.33. The van der Waals surface area contributed by atoms with Gasteiger partial charge in [0.05, 0.1) is 25.4 Å². The number of benzene rings is 2. The molecule has 3 aromatic rings. The third kappa shape index (κ3) is 5.70. The second-order valence-corrected chi connectivity index (χ2v) is 7.16. The first-order valence-electron chi connectivity index (χ1n) is 10.4. The highest BCUT2D eigenvalue weighted by atomic mass is 127. The molecular formula is C23H27FIN5O2. The van der Waals surface area contributed by atoms with Gasteiger partial charge in [-0.15, -0.1) is 24.0 Å². The number of fused-ring (bicyclic) bond motifs is 1. The Morgan fingerprint density at radius 3 is 2.69 bits per heavy atom. The normalized spacial score (nSPS) is 13.2. The van der Waals surface area contributed by atoms with Crippen LogP contribution < -0.4 is 20.1 Å². The minimum atomic E-state index is -0.310. The van der Waals surface area contributed by atoms with Crippen molar-refractivity contribution in [1.29, 1.82) is 0 Å². The van der Waals surface area contributed by atoms with Crippen molar-refractivity contribution in [2.45, 2.75) is 26.8 Å². The molecule has 0 bridgehead atoms. The van der Waals surface area contributed by atoms with E-state index >= 15 is 0 Å². The summed E-state index contributed by atoms with van der Waals surface area (Å²) in [5.41, 5.74) is 2.08. The number of anilines is 1. The van der Waals surface area contributed by atoms with E-state index in [9.17, 15) is 4.39 Å². The van der Waals surface area contributed by atoms with Crippen molar-refractivity contribution in [2.75, 3.05) is 25.1 Å². The molecule has 1 aromatic heterocycles. The van der Waals surface area contributed by atoms with Crippen molar-refractivity contribution in [1.82, 2.24) is 14.9 Å². The van der Waals surface area contributed by atoms with Crippen LogP contribution in [0.5, 0.6) is 11.5 Å². The number of imidazole rings is 1. The molecule has 2 heterocycles. The van der Waals surface area contributed by atoms with Gasteiger partial charge in [0.1, 0.15) is 11.6 Å². The van der Waals surface area contributed by atoms with Crippen molar-refractivity contribution in [3.63, 3.8) is 0 Å². The zero-order valence-corrected chi connectivity index (χ0v) is 20.4. The van der Waals surface area contributed by atoms with Gasteiger partial charge in [0.15, 0.2) is 17.5 Å². The first-order valence-corrected chi connectivity index (χ1v) is 10.4. The number of hydrogen-bond donors (Lipinski definition) is 2. The van der Waals surface area contributed by atoms with E-state index < -0.39 is 0 Å². The smallest absolute Gasteiger partial charge is 0.196 e. The van der Waals surface area contributed by atoms with Crippen LogP contribution in [0.4, 0.5) is 10.1 Å². The standard InChI is InChI=1S/C23H26FN5O2.HI/c1-3-25-23(28-18-6-8-21-22(14-18)31-12-4-11-30-21)27-15-17-5-7-20(19(24)13-17)29-10-9-26-16(29)2;/h5-10,13-14H,3-4,11-12,15H2,1-2H3,(H2,25,27,28);1H. The summed E-state index contributed by atoms with van der Waals surface area (Å²) < 4.78 is 27.8. The largest absolute Gasteiger partial charge is 0.490 e. The second kappa shape index (κ2) is 11.2. The molecule has 9 heteroatoms. The summed E-state index contributed by atoms with van der Waals surface area (Å²) in [6.07, 6.45) is 4.26. The Labute approximate surface area is 204 Å². The molecule has 2 N–H and O–H groups in total.